The summed E-state index contributed by atoms with van der Waals surface area (Å²) in [5, 5.41) is 10.2. The van der Waals surface area contributed by atoms with E-state index in [4.69, 9.17) is 0 Å². The standard InChI is InChI=1S/C27H44O/c1-19(2)9-6-10-20(3)24-16-17-25-23(12-8-18-27(24,25)5)15-14-22-11-7-13-26(28)21(22)4/h14,19-20,24-26,28H,6-13,16-18H2,1-5H3/t15?,20-,24-,25+,26-,27-/m1/s1. The number of fused-ring (bicyclic) bond motifs is 1. The molecule has 28 heavy (non-hydrogen) atoms. The number of aliphatic hydroxyl groups excluding tert-OH is 1. The van der Waals surface area contributed by atoms with E-state index in [0.29, 0.717) is 5.41 Å². The van der Waals surface area contributed by atoms with Gasteiger partial charge in [-0.1, -0.05) is 47.0 Å². The molecule has 2 saturated carbocycles. The molecule has 0 aromatic heterocycles. The highest BCUT2D eigenvalue weighted by Gasteiger charge is 2.50. The van der Waals surface area contributed by atoms with Crippen molar-refractivity contribution in [2.75, 3.05) is 0 Å². The maximum Gasteiger partial charge on any atom is 0.0753 e. The lowest BCUT2D eigenvalue weighted by molar-refractivity contribution is 0.0930. The molecule has 3 aliphatic rings. The van der Waals surface area contributed by atoms with Crippen molar-refractivity contribution in [2.45, 2.75) is 111 Å². The van der Waals surface area contributed by atoms with Crippen molar-refractivity contribution >= 4 is 0 Å². The molecular weight excluding hydrogens is 340 g/mol. The van der Waals surface area contributed by atoms with Gasteiger partial charge in [0, 0.05) is 0 Å². The molecule has 0 heterocycles. The summed E-state index contributed by atoms with van der Waals surface area (Å²) in [7, 11) is 0. The van der Waals surface area contributed by atoms with Crippen LogP contribution in [0.15, 0.2) is 28.5 Å². The lowest BCUT2D eigenvalue weighted by Gasteiger charge is -2.44. The van der Waals surface area contributed by atoms with E-state index in [1.807, 2.05) is 0 Å². The smallest absolute Gasteiger partial charge is 0.0753 e. The van der Waals surface area contributed by atoms with Crippen LogP contribution >= 0.6 is 0 Å². The Labute approximate surface area is 174 Å². The van der Waals surface area contributed by atoms with Crippen LogP contribution in [0.1, 0.15) is 105 Å². The Morgan fingerprint density at radius 1 is 1.11 bits per heavy atom. The summed E-state index contributed by atoms with van der Waals surface area (Å²) in [4.78, 5) is 0. The van der Waals surface area contributed by atoms with E-state index in [1.54, 1.807) is 5.57 Å². The first kappa shape index (κ1) is 21.9. The molecule has 0 spiro atoms. The third-order valence-electron chi connectivity index (χ3n) is 8.48. The molecular formula is C27H44O. The number of allylic oxidation sites excluding steroid dienone is 2. The van der Waals surface area contributed by atoms with Gasteiger partial charge in [-0.05, 0) is 110 Å². The largest absolute Gasteiger partial charge is 0.389 e. The third kappa shape index (κ3) is 4.68. The molecule has 0 saturated heterocycles. The lowest BCUT2D eigenvalue weighted by atomic mass is 9.61. The summed E-state index contributed by atoms with van der Waals surface area (Å²) >= 11 is 0. The number of rotatable bonds is 6. The molecule has 3 rings (SSSR count). The highest BCUT2D eigenvalue weighted by atomic mass is 16.3. The Bertz CT molecular complexity index is 633. The average molecular weight is 385 g/mol. The number of aliphatic hydroxyl groups is 1. The maximum absolute atomic E-state index is 10.2. The van der Waals surface area contributed by atoms with Gasteiger partial charge in [0.2, 0.25) is 0 Å². The van der Waals surface area contributed by atoms with Crippen LogP contribution in [0, 0.1) is 29.1 Å². The molecule has 0 aromatic carbocycles. The fraction of sp³-hybridized carbons (Fsp3) is 0.815. The predicted molar refractivity (Wildman–Crippen MR) is 120 cm³/mol. The molecule has 158 valence electrons. The van der Waals surface area contributed by atoms with Crippen LogP contribution < -0.4 is 0 Å². The van der Waals surface area contributed by atoms with Crippen molar-refractivity contribution in [3.63, 3.8) is 0 Å². The van der Waals surface area contributed by atoms with Gasteiger partial charge in [0.15, 0.2) is 0 Å². The van der Waals surface area contributed by atoms with Crippen LogP contribution in [0.25, 0.3) is 0 Å². The summed E-state index contributed by atoms with van der Waals surface area (Å²) in [5.41, 5.74) is 8.38. The van der Waals surface area contributed by atoms with Gasteiger partial charge < -0.3 is 5.11 Å². The topological polar surface area (TPSA) is 20.2 Å². The minimum Gasteiger partial charge on any atom is -0.389 e. The first-order chi connectivity index (χ1) is 13.3. The zero-order valence-corrected chi connectivity index (χ0v) is 19.2. The van der Waals surface area contributed by atoms with Crippen molar-refractivity contribution in [1.29, 1.82) is 0 Å². The second-order valence-corrected chi connectivity index (χ2v) is 10.8. The molecule has 1 N–H and O–H groups in total. The summed E-state index contributed by atoms with van der Waals surface area (Å²) in [6.45, 7) is 11.9. The van der Waals surface area contributed by atoms with Gasteiger partial charge in [-0.3, -0.25) is 0 Å². The normalized spacial score (nSPS) is 34.4. The molecule has 2 fully saturated rings. The Balaban J connectivity index is 1.74. The molecule has 1 nitrogen and oxygen atoms in total. The molecule has 0 radical (unpaired) electrons. The predicted octanol–water partition coefficient (Wildman–Crippen LogP) is 7.61. The summed E-state index contributed by atoms with van der Waals surface area (Å²) < 4.78 is 0. The quantitative estimate of drug-likeness (QED) is 0.467. The first-order valence-electron chi connectivity index (χ1n) is 12.2. The highest BCUT2D eigenvalue weighted by molar-refractivity contribution is 5.31. The third-order valence-corrected chi connectivity index (χ3v) is 8.48. The monoisotopic (exact) mass is 384 g/mol. The fourth-order valence-corrected chi connectivity index (χ4v) is 6.67. The summed E-state index contributed by atoms with van der Waals surface area (Å²) in [6, 6.07) is 0. The zero-order valence-electron chi connectivity index (χ0n) is 19.2. The Morgan fingerprint density at radius 2 is 1.89 bits per heavy atom. The van der Waals surface area contributed by atoms with Crippen molar-refractivity contribution in [3.05, 3.63) is 28.5 Å². The van der Waals surface area contributed by atoms with Gasteiger partial charge in [-0.25, -0.2) is 0 Å². The van der Waals surface area contributed by atoms with Crippen molar-refractivity contribution in [3.8, 4) is 0 Å². The zero-order chi connectivity index (χ0) is 20.3. The molecule has 0 amide bonds. The Hall–Kier alpha value is -0.780. The van der Waals surface area contributed by atoms with Gasteiger partial charge in [-0.2, -0.15) is 0 Å². The Morgan fingerprint density at radius 3 is 2.64 bits per heavy atom. The molecule has 0 bridgehead atoms. The Kier molecular flexibility index (Phi) is 7.32. The molecule has 1 heteroatoms. The van der Waals surface area contributed by atoms with Crippen molar-refractivity contribution in [2.24, 2.45) is 29.1 Å². The van der Waals surface area contributed by atoms with Crippen LogP contribution in [0.3, 0.4) is 0 Å². The first-order valence-corrected chi connectivity index (χ1v) is 12.2. The van der Waals surface area contributed by atoms with E-state index in [-0.39, 0.29) is 6.10 Å². The van der Waals surface area contributed by atoms with E-state index in [9.17, 15) is 5.11 Å². The average Bonchev–Trinajstić information content (AvgIpc) is 3.00. The van der Waals surface area contributed by atoms with Gasteiger partial charge in [0.05, 0.1) is 6.10 Å². The van der Waals surface area contributed by atoms with Crippen LogP contribution in [-0.2, 0) is 0 Å². The molecule has 5 atom stereocenters. The van der Waals surface area contributed by atoms with Crippen molar-refractivity contribution < 1.29 is 5.11 Å². The lowest BCUT2D eigenvalue weighted by Crippen LogP contribution is -2.35. The van der Waals surface area contributed by atoms with Crippen LogP contribution in [-0.4, -0.2) is 11.2 Å². The van der Waals surface area contributed by atoms with E-state index in [1.165, 1.54) is 62.5 Å². The van der Waals surface area contributed by atoms with E-state index >= 15 is 0 Å². The second-order valence-electron chi connectivity index (χ2n) is 10.8. The van der Waals surface area contributed by atoms with Gasteiger partial charge >= 0.3 is 0 Å². The highest BCUT2D eigenvalue weighted by Crippen LogP contribution is 2.59. The van der Waals surface area contributed by atoms with E-state index < -0.39 is 0 Å². The molecule has 0 aliphatic heterocycles. The molecule has 0 aromatic rings. The molecule has 3 aliphatic carbocycles. The van der Waals surface area contributed by atoms with Crippen molar-refractivity contribution in [1.82, 2.24) is 0 Å². The maximum atomic E-state index is 10.2. The minimum atomic E-state index is -0.231. The van der Waals surface area contributed by atoms with Gasteiger partial charge in [0.1, 0.15) is 0 Å². The number of hydrogen-bond acceptors (Lipinski definition) is 1. The van der Waals surface area contributed by atoms with E-state index in [0.717, 1.165) is 42.9 Å². The van der Waals surface area contributed by atoms with Crippen LogP contribution in [0.5, 0.6) is 0 Å². The van der Waals surface area contributed by atoms with E-state index in [2.05, 4.69) is 46.4 Å². The summed E-state index contributed by atoms with van der Waals surface area (Å²) in [5.74, 6) is 3.32. The van der Waals surface area contributed by atoms with Crippen LogP contribution in [0.2, 0.25) is 0 Å². The van der Waals surface area contributed by atoms with Gasteiger partial charge in [0.25, 0.3) is 0 Å². The number of hydrogen-bond donors (Lipinski definition) is 1. The fourth-order valence-electron chi connectivity index (χ4n) is 6.67. The second kappa shape index (κ2) is 9.36. The molecule has 0 unspecified atom stereocenters. The summed E-state index contributed by atoms with van der Waals surface area (Å²) in [6.07, 6.45) is 16.1. The minimum absolute atomic E-state index is 0.231. The SMILES string of the molecule is CC1=C(C=C=C2CCC[C@]3(C)[C@@H]([C@H](C)CCCC(C)C)CC[C@@H]23)CCC[C@H]1O. The van der Waals surface area contributed by atoms with Crippen LogP contribution in [0.4, 0.5) is 0 Å². The van der Waals surface area contributed by atoms with Gasteiger partial charge in [-0.15, -0.1) is 5.73 Å².